The van der Waals surface area contributed by atoms with Crippen LogP contribution in [0.5, 0.6) is 0 Å². The van der Waals surface area contributed by atoms with Crippen LogP contribution in [-0.2, 0) is 0 Å². The maximum absolute atomic E-state index is 12.3. The first-order valence-corrected chi connectivity index (χ1v) is 7.42. The van der Waals surface area contributed by atoms with Gasteiger partial charge in [0.05, 0.1) is 16.2 Å². The van der Waals surface area contributed by atoms with E-state index in [1.807, 2.05) is 30.3 Å². The van der Waals surface area contributed by atoms with Crippen LogP contribution in [0.3, 0.4) is 0 Å². The van der Waals surface area contributed by atoms with E-state index in [-0.39, 0.29) is 5.91 Å². The van der Waals surface area contributed by atoms with Crippen molar-refractivity contribution in [3.05, 3.63) is 69.8 Å². The Morgan fingerprint density at radius 2 is 1.95 bits per heavy atom. The third kappa shape index (κ3) is 2.91. The van der Waals surface area contributed by atoms with E-state index in [1.165, 1.54) is 0 Å². The van der Waals surface area contributed by atoms with Crippen molar-refractivity contribution in [3.8, 4) is 0 Å². The van der Waals surface area contributed by atoms with Crippen molar-refractivity contribution < 1.29 is 4.79 Å². The molecule has 1 heterocycles. The van der Waals surface area contributed by atoms with Gasteiger partial charge < -0.3 is 5.32 Å². The average molecular weight is 362 g/mol. The van der Waals surface area contributed by atoms with Gasteiger partial charge in [-0.25, -0.2) is 0 Å². The predicted molar refractivity (Wildman–Crippen MR) is 88.8 cm³/mol. The van der Waals surface area contributed by atoms with Crippen molar-refractivity contribution >= 4 is 50.0 Å². The second-order valence-corrected chi connectivity index (χ2v) is 5.73. The minimum atomic E-state index is -0.203. The number of aromatic nitrogens is 1. The number of amides is 1. The molecule has 0 fully saturated rings. The molecule has 0 saturated heterocycles. The molecule has 0 aliphatic rings. The topological polar surface area (TPSA) is 42.0 Å². The molecular formula is C16H10BrClN2O. The number of hydrogen-bond acceptors (Lipinski definition) is 2. The quantitative estimate of drug-likeness (QED) is 0.705. The van der Waals surface area contributed by atoms with Gasteiger partial charge in [0, 0.05) is 21.6 Å². The monoisotopic (exact) mass is 360 g/mol. The Bertz CT molecular complexity index is 830. The molecule has 0 spiro atoms. The van der Waals surface area contributed by atoms with Crippen LogP contribution < -0.4 is 5.32 Å². The first-order chi connectivity index (χ1) is 10.1. The second-order valence-electron chi connectivity index (χ2n) is 4.46. The molecule has 1 aromatic heterocycles. The fraction of sp³-hybridized carbons (Fsp3) is 0. The van der Waals surface area contributed by atoms with E-state index >= 15 is 0 Å². The molecule has 104 valence electrons. The standard InChI is InChI=1S/C16H10BrClN2O/c17-12-9-11(6-7-13(12)18)16(21)20-14-5-1-3-10-4-2-8-19-15(10)14/h1-9H,(H,20,21). The lowest BCUT2D eigenvalue weighted by molar-refractivity contribution is 0.102. The third-order valence-electron chi connectivity index (χ3n) is 3.06. The number of halogens is 2. The van der Waals surface area contributed by atoms with Crippen LogP contribution in [-0.4, -0.2) is 10.9 Å². The average Bonchev–Trinajstić information content (AvgIpc) is 2.50. The highest BCUT2D eigenvalue weighted by Gasteiger charge is 2.10. The number of pyridine rings is 1. The van der Waals surface area contributed by atoms with E-state index in [2.05, 4.69) is 26.2 Å². The minimum absolute atomic E-state index is 0.203. The Morgan fingerprint density at radius 3 is 2.76 bits per heavy atom. The highest BCUT2D eigenvalue weighted by atomic mass is 79.9. The summed E-state index contributed by atoms with van der Waals surface area (Å²) < 4.78 is 0.688. The van der Waals surface area contributed by atoms with Gasteiger partial charge in [0.25, 0.3) is 5.91 Å². The zero-order valence-corrected chi connectivity index (χ0v) is 13.1. The Kier molecular flexibility index (Phi) is 3.90. The second kappa shape index (κ2) is 5.84. The molecule has 0 unspecified atom stereocenters. The molecule has 0 bridgehead atoms. The van der Waals surface area contributed by atoms with Crippen LogP contribution in [0, 0.1) is 0 Å². The van der Waals surface area contributed by atoms with Crippen molar-refractivity contribution in [2.24, 2.45) is 0 Å². The number of para-hydroxylation sites is 1. The third-order valence-corrected chi connectivity index (χ3v) is 4.28. The molecule has 1 N–H and O–H groups in total. The van der Waals surface area contributed by atoms with Gasteiger partial charge in [0.2, 0.25) is 0 Å². The number of carbonyl (C=O) groups excluding carboxylic acids is 1. The lowest BCUT2D eigenvalue weighted by Gasteiger charge is -2.08. The van der Waals surface area contributed by atoms with Crippen molar-refractivity contribution in [2.45, 2.75) is 0 Å². The number of nitrogens with one attached hydrogen (secondary N) is 1. The zero-order chi connectivity index (χ0) is 14.8. The molecule has 1 amide bonds. The summed E-state index contributed by atoms with van der Waals surface area (Å²) in [6.07, 6.45) is 1.71. The highest BCUT2D eigenvalue weighted by molar-refractivity contribution is 9.10. The number of benzene rings is 2. The van der Waals surface area contributed by atoms with E-state index in [0.29, 0.717) is 20.7 Å². The molecular weight excluding hydrogens is 352 g/mol. The molecule has 21 heavy (non-hydrogen) atoms. The Morgan fingerprint density at radius 1 is 1.14 bits per heavy atom. The summed E-state index contributed by atoms with van der Waals surface area (Å²) in [7, 11) is 0. The molecule has 0 aliphatic heterocycles. The van der Waals surface area contributed by atoms with Gasteiger partial charge in [-0.1, -0.05) is 29.8 Å². The van der Waals surface area contributed by atoms with Gasteiger partial charge in [-0.2, -0.15) is 0 Å². The summed E-state index contributed by atoms with van der Waals surface area (Å²) in [6.45, 7) is 0. The molecule has 0 saturated carbocycles. The van der Waals surface area contributed by atoms with Crippen LogP contribution in [0.15, 0.2) is 59.2 Å². The molecule has 0 radical (unpaired) electrons. The smallest absolute Gasteiger partial charge is 0.255 e. The van der Waals surface area contributed by atoms with Gasteiger partial charge in [-0.3, -0.25) is 9.78 Å². The summed E-state index contributed by atoms with van der Waals surface area (Å²) >= 11 is 9.25. The zero-order valence-electron chi connectivity index (χ0n) is 10.8. The van der Waals surface area contributed by atoms with Crippen LogP contribution in [0.25, 0.3) is 10.9 Å². The van der Waals surface area contributed by atoms with Crippen molar-refractivity contribution in [2.75, 3.05) is 5.32 Å². The number of nitrogens with zero attached hydrogens (tertiary/aromatic N) is 1. The van der Waals surface area contributed by atoms with Crippen LogP contribution >= 0.6 is 27.5 Å². The van der Waals surface area contributed by atoms with Crippen molar-refractivity contribution in [3.63, 3.8) is 0 Å². The van der Waals surface area contributed by atoms with Crippen LogP contribution in [0.2, 0.25) is 5.02 Å². The van der Waals surface area contributed by atoms with Gasteiger partial charge in [-0.15, -0.1) is 0 Å². The number of fused-ring (bicyclic) bond motifs is 1. The molecule has 3 rings (SSSR count). The number of anilines is 1. The van der Waals surface area contributed by atoms with Crippen molar-refractivity contribution in [1.82, 2.24) is 4.98 Å². The maximum Gasteiger partial charge on any atom is 0.255 e. The molecule has 3 nitrogen and oxygen atoms in total. The molecule has 2 aromatic carbocycles. The number of carbonyl (C=O) groups is 1. The predicted octanol–water partition coefficient (Wildman–Crippen LogP) is 4.90. The number of hydrogen-bond donors (Lipinski definition) is 1. The largest absolute Gasteiger partial charge is 0.320 e. The summed E-state index contributed by atoms with van der Waals surface area (Å²) in [6, 6.07) is 14.5. The lowest BCUT2D eigenvalue weighted by Crippen LogP contribution is -2.12. The van der Waals surface area contributed by atoms with E-state index < -0.39 is 0 Å². The molecule has 5 heteroatoms. The lowest BCUT2D eigenvalue weighted by atomic mass is 10.1. The minimum Gasteiger partial charge on any atom is -0.320 e. The van der Waals surface area contributed by atoms with Gasteiger partial charge in [0.1, 0.15) is 0 Å². The molecule has 0 atom stereocenters. The van der Waals surface area contributed by atoms with Gasteiger partial charge in [0.15, 0.2) is 0 Å². The Labute approximate surface area is 135 Å². The van der Waals surface area contributed by atoms with Crippen molar-refractivity contribution in [1.29, 1.82) is 0 Å². The molecule has 3 aromatic rings. The van der Waals surface area contributed by atoms with E-state index in [1.54, 1.807) is 24.4 Å². The fourth-order valence-corrected chi connectivity index (χ4v) is 2.53. The Hall–Kier alpha value is -1.91. The summed E-state index contributed by atoms with van der Waals surface area (Å²) in [4.78, 5) is 16.6. The van der Waals surface area contributed by atoms with Gasteiger partial charge in [-0.05, 0) is 46.3 Å². The Balaban J connectivity index is 1.94. The number of rotatable bonds is 2. The first kappa shape index (κ1) is 14.0. The van der Waals surface area contributed by atoms with Crippen LogP contribution in [0.1, 0.15) is 10.4 Å². The summed E-state index contributed by atoms with van der Waals surface area (Å²) in [5, 5.41) is 4.43. The van der Waals surface area contributed by atoms with Crippen LogP contribution in [0.4, 0.5) is 5.69 Å². The summed E-state index contributed by atoms with van der Waals surface area (Å²) in [5.74, 6) is -0.203. The SMILES string of the molecule is O=C(Nc1cccc2cccnc12)c1ccc(Cl)c(Br)c1. The first-order valence-electron chi connectivity index (χ1n) is 6.25. The highest BCUT2D eigenvalue weighted by Crippen LogP contribution is 2.25. The maximum atomic E-state index is 12.3. The molecule has 0 aliphatic carbocycles. The fourth-order valence-electron chi connectivity index (χ4n) is 2.04. The van der Waals surface area contributed by atoms with Gasteiger partial charge >= 0.3 is 0 Å². The normalized spacial score (nSPS) is 10.6. The summed E-state index contributed by atoms with van der Waals surface area (Å²) in [5.41, 5.74) is 1.98. The van der Waals surface area contributed by atoms with E-state index in [4.69, 9.17) is 11.6 Å². The van der Waals surface area contributed by atoms with E-state index in [0.717, 1.165) is 10.9 Å². The van der Waals surface area contributed by atoms with E-state index in [9.17, 15) is 4.79 Å².